The molecule has 0 spiro atoms. The van der Waals surface area contributed by atoms with E-state index in [0.29, 0.717) is 0 Å². The molecule has 1 heterocycles. The van der Waals surface area contributed by atoms with Crippen molar-refractivity contribution in [2.75, 3.05) is 5.32 Å². The summed E-state index contributed by atoms with van der Waals surface area (Å²) in [6.07, 6.45) is -4.45. The third-order valence-electron chi connectivity index (χ3n) is 4.53. The van der Waals surface area contributed by atoms with Crippen LogP contribution in [0.15, 0.2) is 48.5 Å². The Balaban J connectivity index is 1.95. The van der Waals surface area contributed by atoms with E-state index in [-0.39, 0.29) is 11.6 Å². The van der Waals surface area contributed by atoms with Crippen molar-refractivity contribution in [3.63, 3.8) is 0 Å². The molecule has 0 bridgehead atoms. The standard InChI is InChI=1S/C20H19F3N2O/c1-12-17(15-9-4-5-10-16(15)24-12)19(2,3)18(26)25-14-8-6-7-13(11-14)20(21,22)23/h4-11,24H,1-3H3,(H,25,26). The van der Waals surface area contributed by atoms with Crippen LogP contribution in [0.2, 0.25) is 0 Å². The van der Waals surface area contributed by atoms with Crippen molar-refractivity contribution >= 4 is 22.5 Å². The Kier molecular flexibility index (Phi) is 4.30. The zero-order valence-electron chi connectivity index (χ0n) is 14.7. The third kappa shape index (κ3) is 3.19. The van der Waals surface area contributed by atoms with Gasteiger partial charge in [0.2, 0.25) is 5.91 Å². The van der Waals surface area contributed by atoms with Crippen LogP contribution in [0.5, 0.6) is 0 Å². The summed E-state index contributed by atoms with van der Waals surface area (Å²) < 4.78 is 38.6. The van der Waals surface area contributed by atoms with Crippen LogP contribution in [0.3, 0.4) is 0 Å². The van der Waals surface area contributed by atoms with Gasteiger partial charge in [-0.3, -0.25) is 4.79 Å². The van der Waals surface area contributed by atoms with E-state index in [1.807, 2.05) is 31.2 Å². The van der Waals surface area contributed by atoms with E-state index < -0.39 is 17.2 Å². The highest BCUT2D eigenvalue weighted by Crippen LogP contribution is 2.35. The average Bonchev–Trinajstić information content (AvgIpc) is 2.90. The van der Waals surface area contributed by atoms with Gasteiger partial charge in [-0.05, 0) is 50.6 Å². The SMILES string of the molecule is Cc1[nH]c2ccccc2c1C(C)(C)C(=O)Nc1cccc(C(F)(F)F)c1. The van der Waals surface area contributed by atoms with Crippen LogP contribution in [0.25, 0.3) is 10.9 Å². The number of carbonyl (C=O) groups excluding carboxylic acids is 1. The summed E-state index contributed by atoms with van der Waals surface area (Å²) in [6, 6.07) is 12.3. The van der Waals surface area contributed by atoms with E-state index >= 15 is 0 Å². The number of rotatable bonds is 3. The number of amides is 1. The molecule has 0 aliphatic heterocycles. The van der Waals surface area contributed by atoms with E-state index in [9.17, 15) is 18.0 Å². The lowest BCUT2D eigenvalue weighted by Crippen LogP contribution is -2.35. The molecule has 0 unspecified atom stereocenters. The highest BCUT2D eigenvalue weighted by Gasteiger charge is 2.35. The Bertz CT molecular complexity index is 971. The summed E-state index contributed by atoms with van der Waals surface area (Å²) in [5.41, 5.74) is 0.998. The Morgan fingerprint density at radius 1 is 1.04 bits per heavy atom. The highest BCUT2D eigenvalue weighted by atomic mass is 19.4. The minimum absolute atomic E-state index is 0.121. The molecule has 0 saturated carbocycles. The maximum atomic E-state index is 12.9. The molecule has 1 aromatic heterocycles. The lowest BCUT2D eigenvalue weighted by atomic mass is 9.81. The zero-order chi connectivity index (χ0) is 19.1. The Morgan fingerprint density at radius 2 is 1.73 bits per heavy atom. The van der Waals surface area contributed by atoms with Crippen molar-refractivity contribution < 1.29 is 18.0 Å². The van der Waals surface area contributed by atoms with Gasteiger partial charge in [-0.25, -0.2) is 0 Å². The molecule has 6 heteroatoms. The molecule has 2 N–H and O–H groups in total. The van der Waals surface area contributed by atoms with Crippen LogP contribution < -0.4 is 5.32 Å². The fourth-order valence-electron chi connectivity index (χ4n) is 3.26. The average molecular weight is 360 g/mol. The minimum Gasteiger partial charge on any atom is -0.358 e. The molecule has 3 nitrogen and oxygen atoms in total. The Labute approximate surface area is 149 Å². The molecule has 0 fully saturated rings. The van der Waals surface area contributed by atoms with E-state index in [0.717, 1.165) is 34.3 Å². The molecule has 26 heavy (non-hydrogen) atoms. The van der Waals surface area contributed by atoms with Crippen molar-refractivity contribution in [1.82, 2.24) is 4.98 Å². The number of anilines is 1. The first-order chi connectivity index (χ1) is 12.1. The maximum absolute atomic E-state index is 12.9. The van der Waals surface area contributed by atoms with E-state index in [4.69, 9.17) is 0 Å². The summed E-state index contributed by atoms with van der Waals surface area (Å²) in [5, 5.41) is 3.55. The normalized spacial score (nSPS) is 12.4. The van der Waals surface area contributed by atoms with Gasteiger partial charge in [-0.2, -0.15) is 13.2 Å². The van der Waals surface area contributed by atoms with Crippen molar-refractivity contribution in [3.8, 4) is 0 Å². The molecule has 2 aromatic carbocycles. The predicted octanol–water partition coefficient (Wildman–Crippen LogP) is 5.41. The summed E-state index contributed by atoms with van der Waals surface area (Å²) in [4.78, 5) is 16.1. The second-order valence-electron chi connectivity index (χ2n) is 6.83. The molecule has 0 saturated heterocycles. The topological polar surface area (TPSA) is 44.9 Å². The molecule has 0 aliphatic rings. The number of carbonyl (C=O) groups is 1. The number of aromatic amines is 1. The number of hydrogen-bond acceptors (Lipinski definition) is 1. The van der Waals surface area contributed by atoms with Crippen molar-refractivity contribution in [2.24, 2.45) is 0 Å². The van der Waals surface area contributed by atoms with Gasteiger partial charge in [-0.15, -0.1) is 0 Å². The molecule has 136 valence electrons. The summed E-state index contributed by atoms with van der Waals surface area (Å²) in [5.74, 6) is -0.371. The van der Waals surface area contributed by atoms with E-state index in [1.54, 1.807) is 13.8 Å². The summed E-state index contributed by atoms with van der Waals surface area (Å²) >= 11 is 0. The number of aryl methyl sites for hydroxylation is 1. The highest BCUT2D eigenvalue weighted by molar-refractivity contribution is 6.02. The number of hydrogen-bond donors (Lipinski definition) is 2. The van der Waals surface area contributed by atoms with Crippen LogP contribution in [-0.2, 0) is 16.4 Å². The number of para-hydroxylation sites is 1. The number of nitrogens with one attached hydrogen (secondary N) is 2. The van der Waals surface area contributed by atoms with Gasteiger partial charge in [0.05, 0.1) is 11.0 Å². The van der Waals surface area contributed by atoms with Crippen molar-refractivity contribution in [1.29, 1.82) is 0 Å². The Morgan fingerprint density at radius 3 is 2.42 bits per heavy atom. The van der Waals surface area contributed by atoms with Crippen molar-refractivity contribution in [2.45, 2.75) is 32.4 Å². The monoisotopic (exact) mass is 360 g/mol. The lowest BCUT2D eigenvalue weighted by Gasteiger charge is -2.25. The first kappa shape index (κ1) is 18.0. The molecule has 1 amide bonds. The van der Waals surface area contributed by atoms with Crippen LogP contribution in [-0.4, -0.2) is 10.9 Å². The molecular weight excluding hydrogens is 341 g/mol. The predicted molar refractivity (Wildman–Crippen MR) is 96.1 cm³/mol. The van der Waals surface area contributed by atoms with E-state index in [2.05, 4.69) is 10.3 Å². The molecule has 0 radical (unpaired) electrons. The fraction of sp³-hybridized carbons (Fsp3) is 0.250. The van der Waals surface area contributed by atoms with Gasteiger partial charge in [0.1, 0.15) is 0 Å². The van der Waals surface area contributed by atoms with Gasteiger partial charge in [-0.1, -0.05) is 24.3 Å². The van der Waals surface area contributed by atoms with Crippen LogP contribution in [0.1, 0.15) is 30.7 Å². The molecule has 0 atom stereocenters. The number of alkyl halides is 3. The van der Waals surface area contributed by atoms with Gasteiger partial charge in [0.25, 0.3) is 0 Å². The smallest absolute Gasteiger partial charge is 0.358 e. The van der Waals surface area contributed by atoms with Gasteiger partial charge in [0, 0.05) is 22.3 Å². The van der Waals surface area contributed by atoms with Crippen LogP contribution >= 0.6 is 0 Å². The number of halogens is 3. The van der Waals surface area contributed by atoms with E-state index in [1.165, 1.54) is 12.1 Å². The molecule has 0 aliphatic carbocycles. The summed E-state index contributed by atoms with van der Waals surface area (Å²) in [7, 11) is 0. The number of H-pyrrole nitrogens is 1. The fourth-order valence-corrected chi connectivity index (χ4v) is 3.26. The lowest BCUT2D eigenvalue weighted by molar-refractivity contribution is -0.137. The maximum Gasteiger partial charge on any atom is 0.416 e. The van der Waals surface area contributed by atoms with Crippen LogP contribution in [0.4, 0.5) is 18.9 Å². The second kappa shape index (κ2) is 6.20. The molecule has 3 aromatic rings. The minimum atomic E-state index is -4.45. The quantitative estimate of drug-likeness (QED) is 0.644. The largest absolute Gasteiger partial charge is 0.416 e. The van der Waals surface area contributed by atoms with Crippen molar-refractivity contribution in [3.05, 3.63) is 65.4 Å². The second-order valence-corrected chi connectivity index (χ2v) is 6.83. The van der Waals surface area contributed by atoms with Crippen LogP contribution in [0, 0.1) is 6.92 Å². The molecule has 3 rings (SSSR count). The number of benzene rings is 2. The summed E-state index contributed by atoms with van der Waals surface area (Å²) in [6.45, 7) is 5.41. The first-order valence-corrected chi connectivity index (χ1v) is 8.17. The zero-order valence-corrected chi connectivity index (χ0v) is 14.7. The van der Waals surface area contributed by atoms with Gasteiger partial charge < -0.3 is 10.3 Å². The first-order valence-electron chi connectivity index (χ1n) is 8.17. The number of fused-ring (bicyclic) bond motifs is 1. The van der Waals surface area contributed by atoms with Gasteiger partial charge in [0.15, 0.2) is 0 Å². The Hall–Kier alpha value is -2.76. The number of aromatic nitrogens is 1. The molecular formula is C20H19F3N2O. The van der Waals surface area contributed by atoms with Gasteiger partial charge >= 0.3 is 6.18 Å². The third-order valence-corrected chi connectivity index (χ3v) is 4.53.